The maximum Gasteiger partial charge on any atom is 0.252 e. The average molecular weight is 315 g/mol. The first kappa shape index (κ1) is 15.2. The number of amides is 1. The molecule has 1 amide bonds. The number of nitrogens with two attached hydrogens (primary N) is 1. The van der Waals surface area contributed by atoms with Gasteiger partial charge in [0.2, 0.25) is 10.0 Å². The van der Waals surface area contributed by atoms with Gasteiger partial charge in [0.1, 0.15) is 10.7 Å². The molecule has 1 rings (SSSR count). The van der Waals surface area contributed by atoms with Gasteiger partial charge in [0.15, 0.2) is 0 Å². The summed E-state index contributed by atoms with van der Waals surface area (Å²) in [5, 5.41) is 5.99. The lowest BCUT2D eigenvalue weighted by Crippen LogP contribution is -2.24. The molecule has 0 saturated heterocycles. The van der Waals surface area contributed by atoms with Crippen molar-refractivity contribution in [2.24, 2.45) is 5.14 Å². The van der Waals surface area contributed by atoms with E-state index in [1.807, 2.05) is 0 Å². The van der Waals surface area contributed by atoms with Crippen LogP contribution in [0.15, 0.2) is 11.0 Å². The maximum atomic E-state index is 13.5. The van der Waals surface area contributed by atoms with Crippen molar-refractivity contribution in [2.75, 3.05) is 6.54 Å². The van der Waals surface area contributed by atoms with Crippen LogP contribution >= 0.6 is 23.2 Å². The molecule has 0 heterocycles. The van der Waals surface area contributed by atoms with Gasteiger partial charge >= 0.3 is 0 Å². The third kappa shape index (κ3) is 2.92. The highest BCUT2D eigenvalue weighted by molar-refractivity contribution is 7.89. The van der Waals surface area contributed by atoms with E-state index in [-0.39, 0.29) is 12.1 Å². The van der Waals surface area contributed by atoms with Crippen LogP contribution in [0.25, 0.3) is 0 Å². The fourth-order valence-electron chi connectivity index (χ4n) is 1.25. The van der Waals surface area contributed by atoms with Crippen LogP contribution in [0.4, 0.5) is 4.39 Å². The van der Waals surface area contributed by atoms with E-state index >= 15 is 0 Å². The molecule has 0 aliphatic rings. The summed E-state index contributed by atoms with van der Waals surface area (Å²) < 4.78 is 36.0. The van der Waals surface area contributed by atoms with E-state index in [1.165, 1.54) is 0 Å². The molecule has 1 aromatic carbocycles. The van der Waals surface area contributed by atoms with Crippen LogP contribution in [0, 0.1) is 5.82 Å². The van der Waals surface area contributed by atoms with Crippen LogP contribution in [0.1, 0.15) is 17.3 Å². The number of rotatable bonds is 3. The minimum absolute atomic E-state index is 0.268. The van der Waals surface area contributed by atoms with Gasteiger partial charge in [0.25, 0.3) is 5.91 Å². The van der Waals surface area contributed by atoms with Gasteiger partial charge in [-0.1, -0.05) is 23.2 Å². The Balaban J connectivity index is 3.60. The van der Waals surface area contributed by atoms with Crippen molar-refractivity contribution in [3.63, 3.8) is 0 Å². The molecule has 0 fully saturated rings. The van der Waals surface area contributed by atoms with Gasteiger partial charge in [-0.05, 0) is 13.0 Å². The van der Waals surface area contributed by atoms with Crippen LogP contribution in [-0.4, -0.2) is 20.9 Å². The van der Waals surface area contributed by atoms with Crippen LogP contribution in [0.2, 0.25) is 10.0 Å². The van der Waals surface area contributed by atoms with Crippen LogP contribution < -0.4 is 10.5 Å². The van der Waals surface area contributed by atoms with E-state index in [0.29, 0.717) is 0 Å². The highest BCUT2D eigenvalue weighted by atomic mass is 35.5. The first-order chi connectivity index (χ1) is 8.20. The Labute approximate surface area is 113 Å². The molecule has 1 aromatic rings. The first-order valence-electron chi connectivity index (χ1n) is 4.68. The van der Waals surface area contributed by atoms with Crippen LogP contribution in [-0.2, 0) is 10.0 Å². The first-order valence-corrected chi connectivity index (χ1v) is 6.98. The smallest absolute Gasteiger partial charge is 0.252 e. The zero-order valence-corrected chi connectivity index (χ0v) is 11.5. The highest BCUT2D eigenvalue weighted by Gasteiger charge is 2.26. The van der Waals surface area contributed by atoms with Gasteiger partial charge < -0.3 is 5.32 Å². The molecule has 0 aliphatic carbocycles. The number of hydrogen-bond donors (Lipinski definition) is 2. The second kappa shape index (κ2) is 5.40. The number of carbonyl (C=O) groups excluding carboxylic acids is 1. The molecular formula is C9H9Cl2FN2O3S. The lowest BCUT2D eigenvalue weighted by atomic mass is 10.2. The summed E-state index contributed by atoms with van der Waals surface area (Å²) in [7, 11) is -4.34. The van der Waals surface area contributed by atoms with Crippen molar-refractivity contribution in [3.8, 4) is 0 Å². The van der Waals surface area contributed by atoms with E-state index < -0.39 is 36.7 Å². The van der Waals surface area contributed by atoms with Crippen LogP contribution in [0.3, 0.4) is 0 Å². The quantitative estimate of drug-likeness (QED) is 0.829. The Kier molecular flexibility index (Phi) is 4.55. The summed E-state index contributed by atoms with van der Waals surface area (Å²) in [6.07, 6.45) is 0. The summed E-state index contributed by atoms with van der Waals surface area (Å²) in [6, 6.07) is 0.754. The molecule has 0 bridgehead atoms. The number of halogens is 3. The normalized spacial score (nSPS) is 11.4. The molecule has 0 aromatic heterocycles. The molecule has 18 heavy (non-hydrogen) atoms. The van der Waals surface area contributed by atoms with Gasteiger partial charge in [0, 0.05) is 6.54 Å². The van der Waals surface area contributed by atoms with Gasteiger partial charge in [-0.25, -0.2) is 17.9 Å². The van der Waals surface area contributed by atoms with E-state index in [4.69, 9.17) is 28.3 Å². The van der Waals surface area contributed by atoms with Crippen molar-refractivity contribution in [2.45, 2.75) is 11.8 Å². The minimum Gasteiger partial charge on any atom is -0.352 e. The summed E-state index contributed by atoms with van der Waals surface area (Å²) in [6.45, 7) is 1.91. The fraction of sp³-hybridized carbons (Fsp3) is 0.222. The highest BCUT2D eigenvalue weighted by Crippen LogP contribution is 2.33. The Bertz CT molecular complexity index is 604. The van der Waals surface area contributed by atoms with Gasteiger partial charge in [-0.2, -0.15) is 0 Å². The van der Waals surface area contributed by atoms with Crippen LogP contribution in [0.5, 0.6) is 0 Å². The summed E-state index contributed by atoms with van der Waals surface area (Å²) in [4.78, 5) is 10.8. The zero-order chi connectivity index (χ0) is 14.1. The van der Waals surface area contributed by atoms with Crippen molar-refractivity contribution in [1.29, 1.82) is 0 Å². The number of carbonyl (C=O) groups is 1. The third-order valence-corrected chi connectivity index (χ3v) is 3.95. The van der Waals surface area contributed by atoms with Crippen molar-refractivity contribution >= 4 is 39.1 Å². The maximum absolute atomic E-state index is 13.5. The summed E-state index contributed by atoms with van der Waals surface area (Å²) in [5.41, 5.74) is -0.343. The van der Waals surface area contributed by atoms with Gasteiger partial charge in [-0.3, -0.25) is 4.79 Å². The van der Waals surface area contributed by atoms with E-state index in [2.05, 4.69) is 5.32 Å². The van der Waals surface area contributed by atoms with Gasteiger partial charge in [-0.15, -0.1) is 0 Å². The van der Waals surface area contributed by atoms with Crippen molar-refractivity contribution < 1.29 is 17.6 Å². The number of primary sulfonamides is 1. The lowest BCUT2D eigenvalue weighted by Gasteiger charge is -2.10. The number of sulfonamides is 1. The molecule has 0 radical (unpaired) electrons. The van der Waals surface area contributed by atoms with E-state index in [9.17, 15) is 17.6 Å². The minimum atomic E-state index is -4.34. The predicted molar refractivity (Wildman–Crippen MR) is 65.8 cm³/mol. The van der Waals surface area contributed by atoms with Gasteiger partial charge in [0.05, 0.1) is 15.6 Å². The standard InChI is InChI=1S/C9H9Cl2FN2O3S/c1-2-14-9(15)4-3-5(12)7(11)8(6(4)10)18(13,16)17/h3H,2H2,1H3,(H,14,15)(H2,13,16,17). The molecule has 0 unspecified atom stereocenters. The molecule has 0 saturated carbocycles. The number of benzene rings is 1. The topological polar surface area (TPSA) is 89.3 Å². The molecule has 5 nitrogen and oxygen atoms in total. The summed E-state index contributed by atoms with van der Waals surface area (Å²) in [5.74, 6) is -1.81. The van der Waals surface area contributed by atoms with Crippen molar-refractivity contribution in [3.05, 3.63) is 27.5 Å². The van der Waals surface area contributed by atoms with Crippen molar-refractivity contribution in [1.82, 2.24) is 5.32 Å². The lowest BCUT2D eigenvalue weighted by molar-refractivity contribution is 0.0955. The molecule has 0 spiro atoms. The number of hydrogen-bond acceptors (Lipinski definition) is 3. The average Bonchev–Trinajstić information content (AvgIpc) is 2.22. The second-order valence-corrected chi connectivity index (χ2v) is 5.52. The Morgan fingerprint density at radius 2 is 2.00 bits per heavy atom. The Morgan fingerprint density at radius 3 is 2.44 bits per heavy atom. The summed E-state index contributed by atoms with van der Waals surface area (Å²) >= 11 is 11.2. The largest absolute Gasteiger partial charge is 0.352 e. The molecule has 0 atom stereocenters. The second-order valence-electron chi connectivity index (χ2n) is 3.27. The molecule has 9 heteroatoms. The Hall–Kier alpha value is -0.890. The molecule has 3 N–H and O–H groups in total. The predicted octanol–water partition coefficient (Wildman–Crippen LogP) is 1.53. The fourth-order valence-corrected chi connectivity index (χ4v) is 3.04. The molecule has 0 aliphatic heterocycles. The number of nitrogens with one attached hydrogen (secondary N) is 1. The third-order valence-electron chi connectivity index (χ3n) is 1.98. The zero-order valence-electron chi connectivity index (χ0n) is 9.13. The SMILES string of the molecule is CCNC(=O)c1cc(F)c(Cl)c(S(N)(=O)=O)c1Cl. The monoisotopic (exact) mass is 314 g/mol. The molecule has 100 valence electrons. The molecular weight excluding hydrogens is 306 g/mol. The van der Waals surface area contributed by atoms with E-state index in [1.54, 1.807) is 6.92 Å². The van der Waals surface area contributed by atoms with E-state index in [0.717, 1.165) is 6.07 Å². The Morgan fingerprint density at radius 1 is 1.44 bits per heavy atom.